The van der Waals surface area contributed by atoms with Gasteiger partial charge < -0.3 is 10.1 Å². The number of ether oxygens (including phenoxy) is 1. The molecule has 19 heavy (non-hydrogen) atoms. The molecule has 0 fully saturated rings. The molecule has 0 amide bonds. The van der Waals surface area contributed by atoms with Gasteiger partial charge in [0.25, 0.3) is 0 Å². The number of hydrogen-bond acceptors (Lipinski definition) is 2. The third-order valence-corrected chi connectivity index (χ3v) is 3.65. The number of rotatable bonds is 3. The van der Waals surface area contributed by atoms with E-state index in [1.807, 2.05) is 37.3 Å². The Morgan fingerprint density at radius 3 is 2.95 bits per heavy atom. The molecule has 0 aromatic heterocycles. The maximum atomic E-state index is 6.05. The van der Waals surface area contributed by atoms with Crippen LogP contribution in [0.3, 0.4) is 0 Å². The molecule has 2 nitrogen and oxygen atoms in total. The fourth-order valence-corrected chi connectivity index (χ4v) is 2.77. The fraction of sp³-hybridized carbons (Fsp3) is 0.250. The minimum absolute atomic E-state index is 0.260. The molecule has 1 unspecified atom stereocenters. The molecule has 2 aromatic carbocycles. The predicted octanol–water partition coefficient (Wildman–Crippen LogP) is 4.45. The molecule has 0 radical (unpaired) electrons. The second-order valence-electron chi connectivity index (χ2n) is 4.67. The molecule has 0 saturated carbocycles. The summed E-state index contributed by atoms with van der Waals surface area (Å²) in [4.78, 5) is 0. The Morgan fingerprint density at radius 2 is 2.11 bits per heavy atom. The molecule has 1 N–H and O–H groups in total. The van der Waals surface area contributed by atoms with Crippen molar-refractivity contribution in [3.63, 3.8) is 0 Å². The molecule has 1 aliphatic rings. The smallest absolute Gasteiger partial charge is 0.124 e. The lowest BCUT2D eigenvalue weighted by atomic mass is 10.0. The van der Waals surface area contributed by atoms with E-state index in [1.54, 1.807) is 0 Å². The van der Waals surface area contributed by atoms with Gasteiger partial charge in [0, 0.05) is 16.3 Å². The molecule has 1 heterocycles. The molecular weight excluding hydrogens is 258 g/mol. The molecule has 3 heteroatoms. The van der Waals surface area contributed by atoms with Crippen LogP contribution in [0.4, 0.5) is 5.69 Å². The third kappa shape index (κ3) is 2.41. The highest BCUT2D eigenvalue weighted by molar-refractivity contribution is 6.30. The van der Waals surface area contributed by atoms with Gasteiger partial charge in [-0.1, -0.05) is 29.8 Å². The number of benzene rings is 2. The van der Waals surface area contributed by atoms with Crippen molar-refractivity contribution >= 4 is 17.3 Å². The van der Waals surface area contributed by atoms with Crippen LogP contribution in [0.25, 0.3) is 0 Å². The SMILES string of the molecule is CCOc1ccccc1C1Cc2cc(Cl)ccc2N1. The van der Waals surface area contributed by atoms with E-state index in [-0.39, 0.29) is 6.04 Å². The van der Waals surface area contributed by atoms with Crippen LogP contribution in [0.15, 0.2) is 42.5 Å². The van der Waals surface area contributed by atoms with Crippen LogP contribution < -0.4 is 10.1 Å². The summed E-state index contributed by atoms with van der Waals surface area (Å²) < 4.78 is 5.71. The Morgan fingerprint density at radius 1 is 1.26 bits per heavy atom. The van der Waals surface area contributed by atoms with Gasteiger partial charge in [0.1, 0.15) is 5.75 Å². The molecule has 0 bridgehead atoms. The highest BCUT2D eigenvalue weighted by Gasteiger charge is 2.24. The number of fused-ring (bicyclic) bond motifs is 1. The summed E-state index contributed by atoms with van der Waals surface area (Å²) in [6.07, 6.45) is 0.944. The Hall–Kier alpha value is -1.67. The van der Waals surface area contributed by atoms with E-state index in [9.17, 15) is 0 Å². The standard InChI is InChI=1S/C16H16ClNO/c1-2-19-16-6-4-3-5-13(16)15-10-11-9-12(17)7-8-14(11)18-15/h3-9,15,18H,2,10H2,1H3. The molecule has 98 valence electrons. The summed E-state index contributed by atoms with van der Waals surface area (Å²) in [6, 6.07) is 14.5. The highest BCUT2D eigenvalue weighted by Crippen LogP contribution is 2.38. The van der Waals surface area contributed by atoms with Gasteiger partial charge in [-0.05, 0) is 43.2 Å². The average molecular weight is 274 g/mol. The zero-order chi connectivity index (χ0) is 13.2. The molecule has 0 saturated heterocycles. The van der Waals surface area contributed by atoms with Crippen LogP contribution in [0.2, 0.25) is 5.02 Å². The summed E-state index contributed by atoms with van der Waals surface area (Å²) in [7, 11) is 0. The van der Waals surface area contributed by atoms with Crippen molar-refractivity contribution in [3.05, 3.63) is 58.6 Å². The first-order valence-corrected chi connectivity index (χ1v) is 6.92. The lowest BCUT2D eigenvalue weighted by Gasteiger charge is -2.16. The van der Waals surface area contributed by atoms with E-state index in [1.165, 1.54) is 16.8 Å². The van der Waals surface area contributed by atoms with Gasteiger partial charge in [0.15, 0.2) is 0 Å². The molecule has 3 rings (SSSR count). The second-order valence-corrected chi connectivity index (χ2v) is 5.11. The predicted molar refractivity (Wildman–Crippen MR) is 79.1 cm³/mol. The Balaban J connectivity index is 1.90. The summed E-state index contributed by atoms with van der Waals surface area (Å²) in [5.74, 6) is 0.960. The van der Waals surface area contributed by atoms with E-state index < -0.39 is 0 Å². The molecule has 1 aliphatic heterocycles. The van der Waals surface area contributed by atoms with Gasteiger partial charge in [-0.3, -0.25) is 0 Å². The van der Waals surface area contributed by atoms with E-state index >= 15 is 0 Å². The number of hydrogen-bond donors (Lipinski definition) is 1. The quantitative estimate of drug-likeness (QED) is 0.892. The maximum Gasteiger partial charge on any atom is 0.124 e. The molecule has 0 spiro atoms. The van der Waals surface area contributed by atoms with Crippen molar-refractivity contribution in [2.24, 2.45) is 0 Å². The number of nitrogens with one attached hydrogen (secondary N) is 1. The maximum absolute atomic E-state index is 6.05. The van der Waals surface area contributed by atoms with Crippen molar-refractivity contribution < 1.29 is 4.74 Å². The van der Waals surface area contributed by atoms with Crippen LogP contribution in [-0.2, 0) is 6.42 Å². The fourth-order valence-electron chi connectivity index (χ4n) is 2.57. The average Bonchev–Trinajstić information content (AvgIpc) is 2.82. The summed E-state index contributed by atoms with van der Waals surface area (Å²) >= 11 is 6.05. The number of halogens is 1. The Kier molecular flexibility index (Phi) is 3.34. The first kappa shape index (κ1) is 12.4. The van der Waals surface area contributed by atoms with E-state index in [4.69, 9.17) is 16.3 Å². The Bertz CT molecular complexity index is 597. The summed E-state index contributed by atoms with van der Waals surface area (Å²) in [5.41, 5.74) is 3.64. The van der Waals surface area contributed by atoms with Crippen LogP contribution in [0.5, 0.6) is 5.75 Å². The number of anilines is 1. The van der Waals surface area contributed by atoms with Crippen molar-refractivity contribution in [1.29, 1.82) is 0 Å². The van der Waals surface area contributed by atoms with Crippen LogP contribution in [-0.4, -0.2) is 6.61 Å². The van der Waals surface area contributed by atoms with Gasteiger partial charge in [-0.15, -0.1) is 0 Å². The number of para-hydroxylation sites is 1. The van der Waals surface area contributed by atoms with Crippen LogP contribution in [0.1, 0.15) is 24.1 Å². The third-order valence-electron chi connectivity index (χ3n) is 3.42. The zero-order valence-electron chi connectivity index (χ0n) is 10.8. The molecule has 0 aliphatic carbocycles. The van der Waals surface area contributed by atoms with Gasteiger partial charge in [0.2, 0.25) is 0 Å². The van der Waals surface area contributed by atoms with E-state index in [0.29, 0.717) is 6.61 Å². The van der Waals surface area contributed by atoms with Gasteiger partial charge in [-0.2, -0.15) is 0 Å². The largest absolute Gasteiger partial charge is 0.494 e. The molecule has 1 atom stereocenters. The van der Waals surface area contributed by atoms with Gasteiger partial charge in [0.05, 0.1) is 12.6 Å². The first-order chi connectivity index (χ1) is 9.28. The van der Waals surface area contributed by atoms with Crippen molar-refractivity contribution in [2.45, 2.75) is 19.4 Å². The summed E-state index contributed by atoms with van der Waals surface area (Å²) in [6.45, 7) is 2.69. The highest BCUT2D eigenvalue weighted by atomic mass is 35.5. The second kappa shape index (κ2) is 5.14. The zero-order valence-corrected chi connectivity index (χ0v) is 11.6. The lowest BCUT2D eigenvalue weighted by Crippen LogP contribution is -2.08. The van der Waals surface area contributed by atoms with Crippen molar-refractivity contribution in [1.82, 2.24) is 0 Å². The van der Waals surface area contributed by atoms with Crippen LogP contribution >= 0.6 is 11.6 Å². The van der Waals surface area contributed by atoms with E-state index in [0.717, 1.165) is 17.2 Å². The minimum Gasteiger partial charge on any atom is -0.494 e. The summed E-state index contributed by atoms with van der Waals surface area (Å²) in [5, 5.41) is 4.33. The van der Waals surface area contributed by atoms with Gasteiger partial charge >= 0.3 is 0 Å². The van der Waals surface area contributed by atoms with Crippen molar-refractivity contribution in [2.75, 3.05) is 11.9 Å². The first-order valence-electron chi connectivity index (χ1n) is 6.54. The Labute approximate surface area is 118 Å². The normalized spacial score (nSPS) is 16.8. The monoisotopic (exact) mass is 273 g/mol. The molecule has 2 aromatic rings. The van der Waals surface area contributed by atoms with Crippen LogP contribution in [0, 0.1) is 0 Å². The van der Waals surface area contributed by atoms with Gasteiger partial charge in [-0.25, -0.2) is 0 Å². The minimum atomic E-state index is 0.260. The van der Waals surface area contributed by atoms with E-state index in [2.05, 4.69) is 17.4 Å². The topological polar surface area (TPSA) is 21.3 Å². The molecular formula is C16H16ClNO. The van der Waals surface area contributed by atoms with Crippen molar-refractivity contribution in [3.8, 4) is 5.75 Å². The lowest BCUT2D eigenvalue weighted by molar-refractivity contribution is 0.335.